The highest BCUT2D eigenvalue weighted by atomic mass is 32.2. The number of ether oxygens (including phenoxy) is 1. The lowest BCUT2D eigenvalue weighted by Crippen LogP contribution is -2.41. The standard InChI is InChI=1S/C15H19NO5S/c17-15(18)14-13(8-4-5-9-16(14)22(19)20)11-21-10-12-6-2-1-3-7-12/h1-3,6-7,13-14H,4-5,8-11H2/p+1. The monoisotopic (exact) mass is 326 g/mol. The Kier molecular flexibility index (Phi) is 6.09. The first-order valence-electron chi connectivity index (χ1n) is 7.30. The van der Waals surface area contributed by atoms with Crippen molar-refractivity contribution < 1.29 is 27.0 Å². The Labute approximate surface area is 131 Å². The molecule has 0 bridgehead atoms. The lowest BCUT2D eigenvalue weighted by atomic mass is 9.96. The number of rotatable bonds is 5. The zero-order valence-corrected chi connectivity index (χ0v) is 13.0. The van der Waals surface area contributed by atoms with Crippen molar-refractivity contribution in [2.75, 3.05) is 13.2 Å². The molecule has 1 aromatic carbocycles. The van der Waals surface area contributed by atoms with Crippen LogP contribution in [0.2, 0.25) is 0 Å². The summed E-state index contributed by atoms with van der Waals surface area (Å²) in [5, 5.41) is 9.40. The number of carboxylic acid groups (broad SMARTS) is 1. The van der Waals surface area contributed by atoms with Gasteiger partial charge in [0.2, 0.25) is 0 Å². The highest BCUT2D eigenvalue weighted by molar-refractivity contribution is 7.58. The fraction of sp³-hybridized carbons (Fsp3) is 0.533. The predicted molar refractivity (Wildman–Crippen MR) is 78.9 cm³/mol. The van der Waals surface area contributed by atoms with Crippen LogP contribution in [-0.4, -0.2) is 42.6 Å². The molecule has 1 aliphatic rings. The number of hydrogen-bond donors (Lipinski definition) is 1. The van der Waals surface area contributed by atoms with Crippen LogP contribution in [-0.2, 0) is 26.6 Å². The molecule has 120 valence electrons. The molecule has 6 nitrogen and oxygen atoms in total. The maximum atomic E-state index is 11.5. The van der Waals surface area contributed by atoms with Gasteiger partial charge in [-0.05, 0) is 18.4 Å². The van der Waals surface area contributed by atoms with Crippen molar-refractivity contribution in [3.8, 4) is 0 Å². The number of aliphatic carboxylic acids is 1. The molecule has 0 radical (unpaired) electrons. The van der Waals surface area contributed by atoms with Gasteiger partial charge in [0, 0.05) is 6.42 Å². The van der Waals surface area contributed by atoms with Crippen LogP contribution >= 0.6 is 0 Å². The molecule has 0 spiro atoms. The van der Waals surface area contributed by atoms with Crippen LogP contribution in [0.25, 0.3) is 0 Å². The first-order valence-corrected chi connectivity index (χ1v) is 8.33. The van der Waals surface area contributed by atoms with Gasteiger partial charge in [0.15, 0.2) is 6.54 Å². The van der Waals surface area contributed by atoms with Crippen molar-refractivity contribution in [1.82, 2.24) is 0 Å². The molecule has 22 heavy (non-hydrogen) atoms. The third kappa shape index (κ3) is 4.38. The number of benzene rings is 1. The number of hydrogen-bond acceptors (Lipinski definition) is 4. The van der Waals surface area contributed by atoms with Crippen molar-refractivity contribution in [3.63, 3.8) is 0 Å². The minimum absolute atomic E-state index is 0.236. The molecule has 1 aromatic rings. The minimum Gasteiger partial charge on any atom is -0.476 e. The van der Waals surface area contributed by atoms with E-state index in [4.69, 9.17) is 4.74 Å². The van der Waals surface area contributed by atoms with E-state index in [0.717, 1.165) is 15.9 Å². The van der Waals surface area contributed by atoms with Crippen molar-refractivity contribution in [1.29, 1.82) is 0 Å². The fourth-order valence-electron chi connectivity index (χ4n) is 2.78. The Bertz CT molecular complexity index is 633. The molecule has 1 fully saturated rings. The maximum Gasteiger partial charge on any atom is 0.459 e. The first kappa shape index (κ1) is 16.6. The molecule has 2 rings (SSSR count). The van der Waals surface area contributed by atoms with E-state index in [2.05, 4.69) is 0 Å². The van der Waals surface area contributed by atoms with Crippen LogP contribution in [0.1, 0.15) is 24.8 Å². The summed E-state index contributed by atoms with van der Waals surface area (Å²) >= 11 is 0. The molecule has 1 aliphatic heterocycles. The summed E-state index contributed by atoms with van der Waals surface area (Å²) < 4.78 is 29.2. The normalized spacial score (nSPS) is 22.1. The Morgan fingerprint density at radius 3 is 2.64 bits per heavy atom. The van der Waals surface area contributed by atoms with Gasteiger partial charge in [-0.2, -0.15) is 0 Å². The summed E-state index contributed by atoms with van der Waals surface area (Å²) in [5.74, 6) is -1.44. The summed E-state index contributed by atoms with van der Waals surface area (Å²) in [7, 11) is -2.53. The Morgan fingerprint density at radius 2 is 2.00 bits per heavy atom. The van der Waals surface area contributed by atoms with Gasteiger partial charge < -0.3 is 9.84 Å². The summed E-state index contributed by atoms with van der Waals surface area (Å²) in [6, 6.07) is 8.55. The Morgan fingerprint density at radius 1 is 1.27 bits per heavy atom. The van der Waals surface area contributed by atoms with Gasteiger partial charge in [-0.3, -0.25) is 0 Å². The molecule has 0 aliphatic carbocycles. The quantitative estimate of drug-likeness (QED) is 0.830. The molecule has 0 amide bonds. The maximum absolute atomic E-state index is 11.5. The van der Waals surface area contributed by atoms with Crippen LogP contribution < -0.4 is 0 Å². The molecular weight excluding hydrogens is 306 g/mol. The van der Waals surface area contributed by atoms with E-state index >= 15 is 0 Å². The molecule has 1 saturated heterocycles. The summed E-state index contributed by atoms with van der Waals surface area (Å²) in [5.41, 5.74) is 1.01. The smallest absolute Gasteiger partial charge is 0.459 e. The zero-order valence-electron chi connectivity index (χ0n) is 12.2. The average Bonchev–Trinajstić information content (AvgIpc) is 2.71. The largest absolute Gasteiger partial charge is 0.476 e. The van der Waals surface area contributed by atoms with Gasteiger partial charge in [-0.15, -0.1) is 12.4 Å². The van der Waals surface area contributed by atoms with Gasteiger partial charge in [-0.25, -0.2) is 4.79 Å². The molecule has 1 heterocycles. The third-order valence-corrected chi connectivity index (χ3v) is 4.64. The molecule has 2 atom stereocenters. The summed E-state index contributed by atoms with van der Waals surface area (Å²) in [4.78, 5) is 11.5. The lowest BCUT2D eigenvalue weighted by Gasteiger charge is -2.17. The molecule has 2 unspecified atom stereocenters. The summed E-state index contributed by atoms with van der Waals surface area (Å²) in [6.07, 6.45) is 2.13. The second kappa shape index (κ2) is 8.05. The van der Waals surface area contributed by atoms with Gasteiger partial charge in [0.25, 0.3) is 6.04 Å². The number of nitrogens with zero attached hydrogens (tertiary/aromatic N) is 1. The first-order chi connectivity index (χ1) is 10.6. The number of carboxylic acids is 1. The number of carbonyl (C=O) groups is 1. The molecule has 7 heteroatoms. The second-order valence-corrected chi connectivity index (χ2v) is 6.30. The molecule has 1 N–H and O–H groups in total. The van der Waals surface area contributed by atoms with Crippen LogP contribution in [0.4, 0.5) is 0 Å². The van der Waals surface area contributed by atoms with E-state index in [1.807, 2.05) is 30.3 Å². The molecular formula is C15H20NO5S+. The van der Waals surface area contributed by atoms with E-state index in [9.17, 15) is 18.3 Å². The Hall–Kier alpha value is -1.73. The van der Waals surface area contributed by atoms with Gasteiger partial charge in [0.05, 0.1) is 19.1 Å². The lowest BCUT2D eigenvalue weighted by molar-refractivity contribution is -0.538. The predicted octanol–water partition coefficient (Wildman–Crippen LogP) is 1.53. The van der Waals surface area contributed by atoms with Crippen LogP contribution in [0, 0.1) is 5.92 Å². The van der Waals surface area contributed by atoms with Crippen LogP contribution in [0.15, 0.2) is 30.3 Å². The van der Waals surface area contributed by atoms with Crippen LogP contribution in [0.3, 0.4) is 0 Å². The van der Waals surface area contributed by atoms with Crippen molar-refractivity contribution >= 4 is 16.5 Å². The zero-order chi connectivity index (χ0) is 15.9. The van der Waals surface area contributed by atoms with E-state index < -0.39 is 22.5 Å². The highest BCUT2D eigenvalue weighted by Gasteiger charge is 2.41. The average molecular weight is 326 g/mol. The van der Waals surface area contributed by atoms with Crippen molar-refractivity contribution in [2.24, 2.45) is 5.92 Å². The minimum atomic E-state index is -2.53. The van der Waals surface area contributed by atoms with Gasteiger partial charge >= 0.3 is 16.5 Å². The molecule has 0 aromatic heterocycles. The van der Waals surface area contributed by atoms with Gasteiger partial charge in [0.1, 0.15) is 0 Å². The van der Waals surface area contributed by atoms with E-state index in [1.54, 1.807) is 0 Å². The van der Waals surface area contributed by atoms with E-state index in [0.29, 0.717) is 19.4 Å². The van der Waals surface area contributed by atoms with Crippen LogP contribution in [0.5, 0.6) is 0 Å². The highest BCUT2D eigenvalue weighted by Crippen LogP contribution is 2.21. The second-order valence-electron chi connectivity index (χ2n) is 5.40. The molecule has 0 saturated carbocycles. The van der Waals surface area contributed by atoms with Crippen molar-refractivity contribution in [3.05, 3.63) is 35.9 Å². The summed E-state index contributed by atoms with van der Waals surface area (Å²) in [6.45, 7) is 0.881. The fourth-order valence-corrected chi connectivity index (χ4v) is 3.50. The van der Waals surface area contributed by atoms with Crippen molar-refractivity contribution in [2.45, 2.75) is 31.9 Å². The van der Waals surface area contributed by atoms with E-state index in [1.165, 1.54) is 0 Å². The topological polar surface area (TPSA) is 83.7 Å². The third-order valence-electron chi connectivity index (χ3n) is 3.85. The van der Waals surface area contributed by atoms with E-state index in [-0.39, 0.29) is 19.1 Å². The Balaban J connectivity index is 2.06. The van der Waals surface area contributed by atoms with Gasteiger partial charge in [-0.1, -0.05) is 30.3 Å². The SMILES string of the molecule is O=C(O)C1C(COCc2ccccc2)CCCC[N+]1=S(=O)=O.